The molecule has 0 aromatic carbocycles. The van der Waals surface area contributed by atoms with E-state index in [0.717, 1.165) is 0 Å². The number of likely N-dealkylation sites (tertiary alicyclic amines) is 1. The smallest absolute Gasteiger partial charge is 0.306 e. The molecular formula is C16H21N5O4. The van der Waals surface area contributed by atoms with E-state index in [4.69, 9.17) is 20.8 Å². The van der Waals surface area contributed by atoms with E-state index >= 15 is 0 Å². The number of aromatic nitrogens is 1. The molecule has 0 unspecified atom stereocenters. The lowest BCUT2D eigenvalue weighted by atomic mass is 9.97. The van der Waals surface area contributed by atoms with Crippen molar-refractivity contribution in [2.75, 3.05) is 37.3 Å². The van der Waals surface area contributed by atoms with Crippen molar-refractivity contribution in [3.05, 3.63) is 11.6 Å². The van der Waals surface area contributed by atoms with Crippen molar-refractivity contribution in [1.29, 1.82) is 5.26 Å². The number of amides is 1. The Morgan fingerprint density at radius 2 is 2.20 bits per heavy atom. The topological polar surface area (TPSA) is 142 Å². The van der Waals surface area contributed by atoms with Gasteiger partial charge < -0.3 is 20.9 Å². The predicted molar refractivity (Wildman–Crippen MR) is 90.0 cm³/mol. The van der Waals surface area contributed by atoms with Gasteiger partial charge in [0.2, 0.25) is 11.8 Å². The average Bonchev–Trinajstić information content (AvgIpc) is 2.55. The number of anilines is 2. The number of rotatable bonds is 6. The van der Waals surface area contributed by atoms with E-state index in [-0.39, 0.29) is 41.3 Å². The van der Waals surface area contributed by atoms with Crippen LogP contribution in [0.4, 0.5) is 11.5 Å². The van der Waals surface area contributed by atoms with E-state index in [0.29, 0.717) is 32.5 Å². The number of carbonyl (C=O) groups is 2. The van der Waals surface area contributed by atoms with Gasteiger partial charge in [0.05, 0.1) is 24.8 Å². The van der Waals surface area contributed by atoms with Crippen molar-refractivity contribution in [3.8, 4) is 11.9 Å². The van der Waals surface area contributed by atoms with E-state index in [9.17, 15) is 9.59 Å². The molecule has 1 aromatic heterocycles. The second-order valence-corrected chi connectivity index (χ2v) is 5.76. The Bertz CT molecular complexity index is 693. The Kier molecular flexibility index (Phi) is 6.14. The number of pyridine rings is 1. The summed E-state index contributed by atoms with van der Waals surface area (Å²) in [6, 6.07) is 3.34. The van der Waals surface area contributed by atoms with Crippen molar-refractivity contribution in [2.24, 2.45) is 5.92 Å². The lowest BCUT2D eigenvalue weighted by Crippen LogP contribution is -2.40. The fourth-order valence-electron chi connectivity index (χ4n) is 2.68. The van der Waals surface area contributed by atoms with Gasteiger partial charge in [0.1, 0.15) is 17.5 Å². The molecule has 0 radical (unpaired) electrons. The zero-order valence-electron chi connectivity index (χ0n) is 14.0. The van der Waals surface area contributed by atoms with Gasteiger partial charge in [-0.25, -0.2) is 0 Å². The highest BCUT2D eigenvalue weighted by Crippen LogP contribution is 2.25. The maximum Gasteiger partial charge on any atom is 0.306 e. The van der Waals surface area contributed by atoms with E-state index < -0.39 is 5.97 Å². The van der Waals surface area contributed by atoms with Crippen LogP contribution in [0.25, 0.3) is 0 Å². The van der Waals surface area contributed by atoms with Crippen LogP contribution in [0.3, 0.4) is 0 Å². The number of hydrogen-bond donors (Lipinski definition) is 3. The Labute approximate surface area is 145 Å². The number of nitrogens with one attached hydrogen (secondary N) is 1. The molecule has 1 saturated heterocycles. The van der Waals surface area contributed by atoms with Crippen molar-refractivity contribution < 1.29 is 19.4 Å². The minimum absolute atomic E-state index is 0.0857. The monoisotopic (exact) mass is 347 g/mol. The molecule has 25 heavy (non-hydrogen) atoms. The highest BCUT2D eigenvalue weighted by molar-refractivity contribution is 5.92. The standard InChI is InChI=1S/C16H21N5O4/c1-2-25-15-11(8-17)12(18)7-13(20-15)19-14(22)9-21-5-3-10(4-6-21)16(23)24/h7,10H,2-6,9H2,1H3,(H,23,24)(H3,18,19,20,22). The molecule has 1 amide bonds. The van der Waals surface area contributed by atoms with E-state index in [2.05, 4.69) is 10.3 Å². The quantitative estimate of drug-likeness (QED) is 0.681. The fourth-order valence-corrected chi connectivity index (χ4v) is 2.68. The second kappa shape index (κ2) is 8.30. The van der Waals surface area contributed by atoms with E-state index in [1.165, 1.54) is 6.07 Å². The van der Waals surface area contributed by atoms with Gasteiger partial charge >= 0.3 is 5.97 Å². The Hall–Kier alpha value is -2.86. The van der Waals surface area contributed by atoms with Gasteiger partial charge in [0, 0.05) is 6.07 Å². The first-order valence-electron chi connectivity index (χ1n) is 8.03. The van der Waals surface area contributed by atoms with E-state index in [1.807, 2.05) is 11.0 Å². The molecule has 2 rings (SSSR count). The molecule has 0 aliphatic carbocycles. The molecule has 0 saturated carbocycles. The third-order valence-electron chi connectivity index (χ3n) is 3.98. The number of nitrogens with zero attached hydrogens (tertiary/aromatic N) is 3. The summed E-state index contributed by atoms with van der Waals surface area (Å²) in [6.45, 7) is 3.31. The molecule has 1 aliphatic heterocycles. The molecule has 9 heteroatoms. The third-order valence-corrected chi connectivity index (χ3v) is 3.98. The van der Waals surface area contributed by atoms with Crippen molar-refractivity contribution in [2.45, 2.75) is 19.8 Å². The second-order valence-electron chi connectivity index (χ2n) is 5.76. The van der Waals surface area contributed by atoms with Gasteiger partial charge in [-0.2, -0.15) is 10.2 Å². The Morgan fingerprint density at radius 3 is 2.76 bits per heavy atom. The number of nitriles is 1. The summed E-state index contributed by atoms with van der Waals surface area (Å²) in [5.41, 5.74) is 6.12. The van der Waals surface area contributed by atoms with Gasteiger partial charge in [-0.3, -0.25) is 14.5 Å². The van der Waals surface area contributed by atoms with Crippen LogP contribution in [0.2, 0.25) is 0 Å². The van der Waals surface area contributed by atoms with Crippen molar-refractivity contribution in [1.82, 2.24) is 9.88 Å². The van der Waals surface area contributed by atoms with Crippen molar-refractivity contribution >= 4 is 23.4 Å². The van der Waals surface area contributed by atoms with Crippen LogP contribution in [0.5, 0.6) is 5.88 Å². The third kappa shape index (κ3) is 4.81. The lowest BCUT2D eigenvalue weighted by molar-refractivity contribution is -0.143. The fraction of sp³-hybridized carbons (Fsp3) is 0.500. The molecule has 9 nitrogen and oxygen atoms in total. The highest BCUT2D eigenvalue weighted by atomic mass is 16.5. The number of carbonyl (C=O) groups excluding carboxylic acids is 1. The number of aliphatic carboxylic acids is 1. The molecule has 4 N–H and O–H groups in total. The number of piperidine rings is 1. The van der Waals surface area contributed by atoms with Crippen molar-refractivity contribution in [3.63, 3.8) is 0 Å². The SMILES string of the molecule is CCOc1nc(NC(=O)CN2CCC(C(=O)O)CC2)cc(N)c1C#N. The van der Waals surface area contributed by atoms with Gasteiger partial charge in [0.25, 0.3) is 0 Å². The van der Waals surface area contributed by atoms with Crippen LogP contribution in [0.15, 0.2) is 6.07 Å². The molecule has 0 spiro atoms. The average molecular weight is 347 g/mol. The number of carboxylic acid groups (broad SMARTS) is 1. The Balaban J connectivity index is 1.97. The molecule has 1 aromatic rings. The van der Waals surface area contributed by atoms with Crippen LogP contribution in [-0.4, -0.2) is 53.1 Å². The minimum atomic E-state index is -0.787. The number of hydrogen-bond acceptors (Lipinski definition) is 7. The summed E-state index contributed by atoms with van der Waals surface area (Å²) in [5.74, 6) is -1.11. The first-order valence-corrected chi connectivity index (χ1v) is 8.03. The predicted octanol–water partition coefficient (Wildman–Crippen LogP) is 0.669. The normalized spacial score (nSPS) is 15.4. The molecule has 0 bridgehead atoms. The molecule has 134 valence electrons. The molecule has 1 aliphatic rings. The van der Waals surface area contributed by atoms with Gasteiger partial charge in [0.15, 0.2) is 0 Å². The number of ether oxygens (including phenoxy) is 1. The van der Waals surface area contributed by atoms with Crippen LogP contribution in [0, 0.1) is 17.2 Å². The summed E-state index contributed by atoms with van der Waals surface area (Å²) in [7, 11) is 0. The zero-order chi connectivity index (χ0) is 18.4. The Morgan fingerprint density at radius 1 is 1.52 bits per heavy atom. The molecular weight excluding hydrogens is 326 g/mol. The van der Waals surface area contributed by atoms with Crippen LogP contribution in [-0.2, 0) is 9.59 Å². The number of nitrogen functional groups attached to an aromatic ring is 1. The summed E-state index contributed by atoms with van der Waals surface area (Å²) < 4.78 is 5.28. The zero-order valence-corrected chi connectivity index (χ0v) is 14.0. The van der Waals surface area contributed by atoms with Crippen LogP contribution in [0.1, 0.15) is 25.3 Å². The summed E-state index contributed by atoms with van der Waals surface area (Å²) in [6.07, 6.45) is 1.05. The van der Waals surface area contributed by atoms with Crippen LogP contribution >= 0.6 is 0 Å². The maximum absolute atomic E-state index is 12.2. The number of carboxylic acids is 1. The largest absolute Gasteiger partial charge is 0.481 e. The molecule has 0 atom stereocenters. The van der Waals surface area contributed by atoms with Gasteiger partial charge in [-0.1, -0.05) is 0 Å². The lowest BCUT2D eigenvalue weighted by Gasteiger charge is -2.29. The summed E-state index contributed by atoms with van der Waals surface area (Å²) in [5, 5.41) is 20.7. The van der Waals surface area contributed by atoms with Gasteiger partial charge in [-0.15, -0.1) is 0 Å². The maximum atomic E-state index is 12.2. The molecule has 1 fully saturated rings. The summed E-state index contributed by atoms with van der Waals surface area (Å²) in [4.78, 5) is 29.1. The summed E-state index contributed by atoms with van der Waals surface area (Å²) >= 11 is 0. The molecule has 2 heterocycles. The first-order chi connectivity index (χ1) is 11.9. The highest BCUT2D eigenvalue weighted by Gasteiger charge is 2.25. The first kappa shape index (κ1) is 18.5. The van der Waals surface area contributed by atoms with Crippen LogP contribution < -0.4 is 15.8 Å². The minimum Gasteiger partial charge on any atom is -0.481 e. The number of nitrogens with two attached hydrogens (primary N) is 1. The van der Waals surface area contributed by atoms with E-state index in [1.54, 1.807) is 6.92 Å². The van der Waals surface area contributed by atoms with Gasteiger partial charge in [-0.05, 0) is 32.9 Å².